The zero-order chi connectivity index (χ0) is 14.3. The highest BCUT2D eigenvalue weighted by molar-refractivity contribution is 6.30. The van der Waals surface area contributed by atoms with Crippen molar-refractivity contribution in [3.63, 3.8) is 0 Å². The second kappa shape index (κ2) is 7.79. The van der Waals surface area contributed by atoms with Crippen LogP contribution in [0.25, 0.3) is 0 Å². The first-order valence-corrected chi connectivity index (χ1v) is 6.74. The van der Waals surface area contributed by atoms with E-state index >= 15 is 0 Å². The average Bonchev–Trinajstić information content (AvgIpc) is 2.39. The Morgan fingerprint density at radius 2 is 1.89 bits per heavy atom. The Labute approximate surface area is 118 Å². The zero-order valence-electron chi connectivity index (χ0n) is 11.2. The number of nitrogens with one attached hydrogen (secondary N) is 2. The first-order valence-electron chi connectivity index (χ1n) is 6.36. The Morgan fingerprint density at radius 1 is 1.26 bits per heavy atom. The van der Waals surface area contributed by atoms with Gasteiger partial charge in [0.1, 0.15) is 0 Å². The molecule has 0 aliphatic rings. The van der Waals surface area contributed by atoms with Gasteiger partial charge in [-0.15, -0.1) is 0 Å². The number of carbonyl (C=O) groups excluding carboxylic acids is 2. The summed E-state index contributed by atoms with van der Waals surface area (Å²) in [5.41, 5.74) is 0.534. The second-order valence-electron chi connectivity index (χ2n) is 4.39. The summed E-state index contributed by atoms with van der Waals surface area (Å²) in [4.78, 5) is 23.2. The summed E-state index contributed by atoms with van der Waals surface area (Å²) in [7, 11) is 0. The average molecular weight is 283 g/mol. The monoisotopic (exact) mass is 282 g/mol. The minimum Gasteiger partial charge on any atom is -0.354 e. The van der Waals surface area contributed by atoms with Crippen LogP contribution < -0.4 is 10.6 Å². The van der Waals surface area contributed by atoms with Crippen molar-refractivity contribution in [3.8, 4) is 0 Å². The van der Waals surface area contributed by atoms with E-state index in [4.69, 9.17) is 11.6 Å². The highest BCUT2D eigenvalue weighted by Gasteiger charge is 2.08. The zero-order valence-corrected chi connectivity index (χ0v) is 12.0. The fourth-order valence-corrected chi connectivity index (χ4v) is 1.57. The third-order valence-corrected chi connectivity index (χ3v) is 3.02. The third-order valence-electron chi connectivity index (χ3n) is 2.76. The lowest BCUT2D eigenvalue weighted by atomic mass is 10.2. The molecule has 5 heteroatoms. The molecule has 0 fully saturated rings. The van der Waals surface area contributed by atoms with Gasteiger partial charge in [-0.2, -0.15) is 0 Å². The van der Waals surface area contributed by atoms with E-state index in [-0.39, 0.29) is 24.3 Å². The molecule has 2 N–H and O–H groups in total. The van der Waals surface area contributed by atoms with Crippen LogP contribution in [-0.4, -0.2) is 24.4 Å². The van der Waals surface area contributed by atoms with E-state index in [1.54, 1.807) is 24.3 Å². The molecule has 0 aliphatic heterocycles. The van der Waals surface area contributed by atoms with Crippen molar-refractivity contribution < 1.29 is 9.59 Å². The van der Waals surface area contributed by atoms with Crippen molar-refractivity contribution in [2.75, 3.05) is 6.54 Å². The molecule has 1 aromatic carbocycles. The Kier molecular flexibility index (Phi) is 6.36. The van der Waals surface area contributed by atoms with Crippen LogP contribution in [0.3, 0.4) is 0 Å². The van der Waals surface area contributed by atoms with Gasteiger partial charge < -0.3 is 10.6 Å². The number of carbonyl (C=O) groups is 2. The number of hydrogen-bond donors (Lipinski definition) is 2. The maximum Gasteiger partial charge on any atom is 0.251 e. The number of halogens is 1. The summed E-state index contributed by atoms with van der Waals surface area (Å²) in [5.74, 6) is -0.251. The van der Waals surface area contributed by atoms with E-state index < -0.39 is 0 Å². The Bertz CT molecular complexity index is 432. The predicted molar refractivity (Wildman–Crippen MR) is 76.3 cm³/mol. The van der Waals surface area contributed by atoms with Crippen molar-refractivity contribution in [2.24, 2.45) is 0 Å². The number of benzene rings is 1. The molecule has 1 atom stereocenters. The van der Waals surface area contributed by atoms with Gasteiger partial charge in [-0.25, -0.2) is 0 Å². The fourth-order valence-electron chi connectivity index (χ4n) is 1.44. The topological polar surface area (TPSA) is 58.2 Å². The molecule has 0 bridgehead atoms. The normalized spacial score (nSPS) is 11.7. The molecule has 0 radical (unpaired) electrons. The number of rotatable bonds is 6. The molecular formula is C14H19ClN2O2. The van der Waals surface area contributed by atoms with Gasteiger partial charge in [0.2, 0.25) is 5.91 Å². The van der Waals surface area contributed by atoms with Gasteiger partial charge in [-0.05, 0) is 37.6 Å². The first-order chi connectivity index (χ1) is 9.02. The molecule has 0 spiro atoms. The van der Waals surface area contributed by atoms with Crippen LogP contribution in [0.5, 0.6) is 0 Å². The minimum atomic E-state index is -0.201. The van der Waals surface area contributed by atoms with Crippen LogP contribution in [0.15, 0.2) is 24.3 Å². The standard InChI is InChI=1S/C14H19ClN2O2/c1-3-10(2)17-13(18)8-9-16-14(19)11-4-6-12(15)7-5-11/h4-7,10H,3,8-9H2,1-2H3,(H,16,19)(H,17,18). The highest BCUT2D eigenvalue weighted by Crippen LogP contribution is 2.09. The van der Waals surface area contributed by atoms with Crippen LogP contribution in [0.4, 0.5) is 0 Å². The summed E-state index contributed by atoms with van der Waals surface area (Å²) in [6.07, 6.45) is 1.17. The summed E-state index contributed by atoms with van der Waals surface area (Å²) >= 11 is 5.74. The minimum absolute atomic E-state index is 0.0502. The molecule has 4 nitrogen and oxygen atoms in total. The van der Waals surface area contributed by atoms with Crippen LogP contribution in [0, 0.1) is 0 Å². The maximum atomic E-state index is 11.7. The van der Waals surface area contributed by atoms with Crippen molar-refractivity contribution >= 4 is 23.4 Å². The Hall–Kier alpha value is -1.55. The highest BCUT2D eigenvalue weighted by atomic mass is 35.5. The quantitative estimate of drug-likeness (QED) is 0.842. The summed E-state index contributed by atoms with van der Waals surface area (Å²) in [6.45, 7) is 4.28. The Morgan fingerprint density at radius 3 is 2.47 bits per heavy atom. The van der Waals surface area contributed by atoms with Crippen molar-refractivity contribution in [2.45, 2.75) is 32.7 Å². The van der Waals surface area contributed by atoms with Gasteiger partial charge >= 0.3 is 0 Å². The van der Waals surface area contributed by atoms with E-state index in [2.05, 4.69) is 10.6 Å². The van der Waals surface area contributed by atoms with Crippen LogP contribution >= 0.6 is 11.6 Å². The van der Waals surface area contributed by atoms with E-state index in [1.807, 2.05) is 13.8 Å². The van der Waals surface area contributed by atoms with E-state index in [9.17, 15) is 9.59 Å². The molecule has 1 unspecified atom stereocenters. The Balaban J connectivity index is 2.31. The maximum absolute atomic E-state index is 11.7. The van der Waals surface area contributed by atoms with Crippen molar-refractivity contribution in [3.05, 3.63) is 34.9 Å². The van der Waals surface area contributed by atoms with Gasteiger partial charge in [-0.1, -0.05) is 18.5 Å². The fraction of sp³-hybridized carbons (Fsp3) is 0.429. The molecule has 104 valence electrons. The lowest BCUT2D eigenvalue weighted by molar-refractivity contribution is -0.121. The molecule has 19 heavy (non-hydrogen) atoms. The van der Waals surface area contributed by atoms with E-state index in [1.165, 1.54) is 0 Å². The van der Waals surface area contributed by atoms with Gasteiger partial charge in [0.15, 0.2) is 0 Å². The summed E-state index contributed by atoms with van der Waals surface area (Å²) in [5, 5.41) is 6.13. The molecule has 0 aliphatic carbocycles. The van der Waals surface area contributed by atoms with Gasteiger partial charge in [0.05, 0.1) is 0 Å². The van der Waals surface area contributed by atoms with Gasteiger partial charge in [-0.3, -0.25) is 9.59 Å². The molecule has 1 rings (SSSR count). The lowest BCUT2D eigenvalue weighted by Gasteiger charge is -2.11. The van der Waals surface area contributed by atoms with Crippen molar-refractivity contribution in [1.29, 1.82) is 0 Å². The molecule has 0 aromatic heterocycles. The molecule has 0 saturated carbocycles. The van der Waals surface area contributed by atoms with E-state index in [0.29, 0.717) is 17.1 Å². The number of amides is 2. The van der Waals surface area contributed by atoms with Crippen LogP contribution in [0.2, 0.25) is 5.02 Å². The predicted octanol–water partition coefficient (Wildman–Crippen LogP) is 2.37. The van der Waals surface area contributed by atoms with Crippen LogP contribution in [-0.2, 0) is 4.79 Å². The second-order valence-corrected chi connectivity index (χ2v) is 4.83. The van der Waals surface area contributed by atoms with Crippen molar-refractivity contribution in [1.82, 2.24) is 10.6 Å². The summed E-state index contributed by atoms with van der Waals surface area (Å²) in [6, 6.07) is 6.78. The van der Waals surface area contributed by atoms with Crippen LogP contribution in [0.1, 0.15) is 37.0 Å². The summed E-state index contributed by atoms with van der Waals surface area (Å²) < 4.78 is 0. The van der Waals surface area contributed by atoms with Gasteiger partial charge in [0.25, 0.3) is 5.91 Å². The van der Waals surface area contributed by atoms with Gasteiger partial charge in [0, 0.05) is 29.6 Å². The molecule has 0 heterocycles. The first kappa shape index (κ1) is 15.5. The molecule has 0 saturated heterocycles. The smallest absolute Gasteiger partial charge is 0.251 e. The SMILES string of the molecule is CCC(C)NC(=O)CCNC(=O)c1ccc(Cl)cc1. The number of hydrogen-bond acceptors (Lipinski definition) is 2. The third kappa shape index (κ3) is 5.75. The largest absolute Gasteiger partial charge is 0.354 e. The molecule has 1 aromatic rings. The van der Waals surface area contributed by atoms with E-state index in [0.717, 1.165) is 6.42 Å². The molecule has 2 amide bonds. The lowest BCUT2D eigenvalue weighted by Crippen LogP contribution is -2.35. The molecular weight excluding hydrogens is 264 g/mol.